The number of para-hydroxylation sites is 1. The fourth-order valence-corrected chi connectivity index (χ4v) is 3.55. The van der Waals surface area contributed by atoms with Crippen molar-refractivity contribution in [2.45, 2.75) is 20.4 Å². The average Bonchev–Trinajstić information content (AvgIpc) is 3.21. The first-order valence-electron chi connectivity index (χ1n) is 10.2. The van der Waals surface area contributed by atoms with Crippen LogP contribution in [0.25, 0.3) is 11.3 Å². The SMILES string of the molecule is COc1ccccc1-c1nn(Cc2ccccc2)cc1C(=O)Nc1cccc(C)c1C. The maximum Gasteiger partial charge on any atom is 0.259 e. The van der Waals surface area contributed by atoms with E-state index >= 15 is 0 Å². The summed E-state index contributed by atoms with van der Waals surface area (Å²) >= 11 is 0. The van der Waals surface area contributed by atoms with E-state index < -0.39 is 0 Å². The van der Waals surface area contributed by atoms with Crippen molar-refractivity contribution in [3.8, 4) is 17.0 Å². The second-order valence-electron chi connectivity index (χ2n) is 7.48. The van der Waals surface area contributed by atoms with Gasteiger partial charge in [0.2, 0.25) is 0 Å². The van der Waals surface area contributed by atoms with Gasteiger partial charge in [-0.1, -0.05) is 54.6 Å². The lowest BCUT2D eigenvalue weighted by atomic mass is 10.1. The molecule has 0 radical (unpaired) electrons. The van der Waals surface area contributed by atoms with Crippen LogP contribution in [0.5, 0.6) is 5.75 Å². The predicted molar refractivity (Wildman–Crippen MR) is 124 cm³/mol. The minimum atomic E-state index is -0.200. The molecule has 0 atom stereocenters. The monoisotopic (exact) mass is 411 g/mol. The van der Waals surface area contributed by atoms with Crippen molar-refractivity contribution in [2.24, 2.45) is 0 Å². The molecule has 5 heteroatoms. The van der Waals surface area contributed by atoms with E-state index in [9.17, 15) is 4.79 Å². The molecule has 0 aliphatic carbocycles. The first kappa shape index (κ1) is 20.4. The lowest BCUT2D eigenvalue weighted by Crippen LogP contribution is -2.13. The van der Waals surface area contributed by atoms with Gasteiger partial charge in [0, 0.05) is 17.4 Å². The maximum absolute atomic E-state index is 13.3. The van der Waals surface area contributed by atoms with E-state index in [0.717, 1.165) is 27.9 Å². The van der Waals surface area contributed by atoms with E-state index in [2.05, 4.69) is 5.32 Å². The molecule has 0 fully saturated rings. The van der Waals surface area contributed by atoms with E-state index in [1.165, 1.54) is 0 Å². The molecule has 4 rings (SSSR count). The zero-order chi connectivity index (χ0) is 21.8. The van der Waals surface area contributed by atoms with E-state index in [4.69, 9.17) is 9.84 Å². The van der Waals surface area contributed by atoms with Crippen LogP contribution < -0.4 is 10.1 Å². The molecular weight excluding hydrogens is 386 g/mol. The third-order valence-corrected chi connectivity index (χ3v) is 5.41. The number of nitrogens with one attached hydrogen (secondary N) is 1. The maximum atomic E-state index is 13.3. The van der Waals surface area contributed by atoms with E-state index in [1.807, 2.05) is 86.6 Å². The Balaban J connectivity index is 1.75. The third kappa shape index (κ3) is 4.36. The zero-order valence-corrected chi connectivity index (χ0v) is 17.9. The lowest BCUT2D eigenvalue weighted by molar-refractivity contribution is 0.102. The molecule has 3 aromatic carbocycles. The Morgan fingerprint density at radius 1 is 0.968 bits per heavy atom. The number of aromatic nitrogens is 2. The van der Waals surface area contributed by atoms with Crippen molar-refractivity contribution in [2.75, 3.05) is 12.4 Å². The smallest absolute Gasteiger partial charge is 0.259 e. The third-order valence-electron chi connectivity index (χ3n) is 5.41. The Labute approximate surface area is 182 Å². The summed E-state index contributed by atoms with van der Waals surface area (Å²) in [5.41, 5.74) is 5.96. The Kier molecular flexibility index (Phi) is 5.85. The Bertz CT molecular complexity index is 1210. The highest BCUT2D eigenvalue weighted by atomic mass is 16.5. The van der Waals surface area contributed by atoms with Gasteiger partial charge >= 0.3 is 0 Å². The normalized spacial score (nSPS) is 10.7. The van der Waals surface area contributed by atoms with Gasteiger partial charge in [-0.05, 0) is 48.7 Å². The van der Waals surface area contributed by atoms with Crippen LogP contribution in [0.4, 0.5) is 5.69 Å². The number of rotatable bonds is 6. The molecule has 31 heavy (non-hydrogen) atoms. The molecule has 156 valence electrons. The molecule has 5 nitrogen and oxygen atoms in total. The number of hydrogen-bond acceptors (Lipinski definition) is 3. The number of ether oxygens (including phenoxy) is 1. The van der Waals surface area contributed by atoms with Crippen LogP contribution in [0.15, 0.2) is 79.0 Å². The van der Waals surface area contributed by atoms with Gasteiger partial charge in [-0.25, -0.2) is 0 Å². The van der Waals surface area contributed by atoms with Gasteiger partial charge in [0.05, 0.1) is 19.2 Å². The van der Waals surface area contributed by atoms with Gasteiger partial charge in [-0.15, -0.1) is 0 Å². The molecule has 1 heterocycles. The zero-order valence-electron chi connectivity index (χ0n) is 17.9. The summed E-state index contributed by atoms with van der Waals surface area (Å²) in [5.74, 6) is 0.474. The van der Waals surface area contributed by atoms with Gasteiger partial charge in [0.1, 0.15) is 11.4 Å². The Morgan fingerprint density at radius 3 is 2.48 bits per heavy atom. The number of carbonyl (C=O) groups is 1. The van der Waals surface area contributed by atoms with Crippen LogP contribution in [0, 0.1) is 13.8 Å². The lowest BCUT2D eigenvalue weighted by Gasteiger charge is -2.11. The Hall–Kier alpha value is -3.86. The molecule has 0 aliphatic rings. The van der Waals surface area contributed by atoms with Gasteiger partial charge < -0.3 is 10.1 Å². The number of carbonyl (C=O) groups excluding carboxylic acids is 1. The minimum absolute atomic E-state index is 0.200. The molecule has 0 bridgehead atoms. The highest BCUT2D eigenvalue weighted by molar-refractivity contribution is 6.08. The number of anilines is 1. The van der Waals surface area contributed by atoms with Crippen LogP contribution in [0.1, 0.15) is 27.0 Å². The first-order valence-corrected chi connectivity index (χ1v) is 10.2. The summed E-state index contributed by atoms with van der Waals surface area (Å²) in [6.07, 6.45) is 1.80. The molecule has 0 spiro atoms. The largest absolute Gasteiger partial charge is 0.496 e. The Morgan fingerprint density at radius 2 is 1.71 bits per heavy atom. The number of methoxy groups -OCH3 is 1. The van der Waals surface area contributed by atoms with Crippen LogP contribution in [0.2, 0.25) is 0 Å². The number of aryl methyl sites for hydroxylation is 1. The summed E-state index contributed by atoms with van der Waals surface area (Å²) < 4.78 is 7.33. The topological polar surface area (TPSA) is 56.2 Å². The summed E-state index contributed by atoms with van der Waals surface area (Å²) in [5, 5.41) is 7.82. The molecule has 0 aliphatic heterocycles. The number of hydrogen-bond donors (Lipinski definition) is 1. The van der Waals surface area contributed by atoms with Crippen LogP contribution in [-0.2, 0) is 6.54 Å². The van der Waals surface area contributed by atoms with Gasteiger partial charge in [-0.3, -0.25) is 9.48 Å². The second-order valence-corrected chi connectivity index (χ2v) is 7.48. The standard InChI is InChI=1S/C26H25N3O2/c1-18-10-9-14-23(19(18)2)27-26(30)22-17-29(16-20-11-5-4-6-12-20)28-25(22)21-13-7-8-15-24(21)31-3/h4-15,17H,16H2,1-3H3,(H,27,30). The van der Waals surface area contributed by atoms with Crippen molar-refractivity contribution >= 4 is 11.6 Å². The quantitative estimate of drug-likeness (QED) is 0.457. The predicted octanol–water partition coefficient (Wildman–Crippen LogP) is 5.48. The van der Waals surface area contributed by atoms with E-state index in [0.29, 0.717) is 23.6 Å². The van der Waals surface area contributed by atoms with Crippen molar-refractivity contribution in [1.82, 2.24) is 9.78 Å². The van der Waals surface area contributed by atoms with Crippen LogP contribution in [0.3, 0.4) is 0 Å². The van der Waals surface area contributed by atoms with Gasteiger partial charge in [-0.2, -0.15) is 5.10 Å². The van der Waals surface area contributed by atoms with Gasteiger partial charge in [0.15, 0.2) is 0 Å². The average molecular weight is 412 g/mol. The summed E-state index contributed by atoms with van der Waals surface area (Å²) in [6, 6.07) is 23.6. The van der Waals surface area contributed by atoms with Crippen molar-refractivity contribution in [3.05, 3.63) is 101 Å². The summed E-state index contributed by atoms with van der Waals surface area (Å²) in [7, 11) is 1.62. The van der Waals surface area contributed by atoms with Crippen molar-refractivity contribution < 1.29 is 9.53 Å². The number of amides is 1. The fraction of sp³-hybridized carbons (Fsp3) is 0.154. The molecular formula is C26H25N3O2. The van der Waals surface area contributed by atoms with Crippen LogP contribution in [-0.4, -0.2) is 22.8 Å². The molecule has 1 N–H and O–H groups in total. The summed E-state index contributed by atoms with van der Waals surface area (Å²) in [4.78, 5) is 13.3. The number of nitrogens with zero attached hydrogens (tertiary/aromatic N) is 2. The minimum Gasteiger partial charge on any atom is -0.496 e. The summed E-state index contributed by atoms with van der Waals surface area (Å²) in [6.45, 7) is 4.60. The van der Waals surface area contributed by atoms with Gasteiger partial charge in [0.25, 0.3) is 5.91 Å². The molecule has 1 amide bonds. The second kappa shape index (κ2) is 8.88. The molecule has 0 saturated carbocycles. The number of benzene rings is 3. The van der Waals surface area contributed by atoms with Crippen LogP contribution >= 0.6 is 0 Å². The fourth-order valence-electron chi connectivity index (χ4n) is 3.55. The molecule has 0 saturated heterocycles. The highest BCUT2D eigenvalue weighted by Crippen LogP contribution is 2.32. The highest BCUT2D eigenvalue weighted by Gasteiger charge is 2.21. The molecule has 0 unspecified atom stereocenters. The van der Waals surface area contributed by atoms with Crippen molar-refractivity contribution in [1.29, 1.82) is 0 Å². The van der Waals surface area contributed by atoms with E-state index in [1.54, 1.807) is 18.0 Å². The van der Waals surface area contributed by atoms with E-state index in [-0.39, 0.29) is 5.91 Å². The molecule has 4 aromatic rings. The molecule has 1 aromatic heterocycles. The van der Waals surface area contributed by atoms with Crippen molar-refractivity contribution in [3.63, 3.8) is 0 Å². The first-order chi connectivity index (χ1) is 15.1.